The van der Waals surface area contributed by atoms with Crippen LogP contribution >= 0.6 is 11.6 Å². The van der Waals surface area contributed by atoms with Crippen LogP contribution in [0.4, 0.5) is 5.69 Å². The van der Waals surface area contributed by atoms with Crippen LogP contribution in [-0.2, 0) is 11.2 Å². The van der Waals surface area contributed by atoms with Crippen LogP contribution in [0.5, 0.6) is 5.75 Å². The number of halogens is 1. The van der Waals surface area contributed by atoms with E-state index >= 15 is 0 Å². The summed E-state index contributed by atoms with van der Waals surface area (Å²) in [4.78, 5) is 16.9. The Bertz CT molecular complexity index is 741. The quantitative estimate of drug-likeness (QED) is 0.690. The molecule has 0 unspecified atom stereocenters. The van der Waals surface area contributed by atoms with E-state index in [9.17, 15) is 4.79 Å². The first kappa shape index (κ1) is 20.5. The SMILES string of the molecule is COc1ccc(CC(=O)NCCCN2CCN(c3ccc(Cl)cc3)CC2)cc1. The molecule has 1 fully saturated rings. The van der Waals surface area contributed by atoms with Gasteiger partial charge < -0.3 is 15.0 Å². The smallest absolute Gasteiger partial charge is 0.224 e. The monoisotopic (exact) mass is 401 g/mol. The molecule has 5 nitrogen and oxygen atoms in total. The van der Waals surface area contributed by atoms with E-state index in [2.05, 4.69) is 27.2 Å². The third-order valence-electron chi connectivity index (χ3n) is 5.06. The number of nitrogens with zero attached hydrogens (tertiary/aromatic N) is 2. The molecule has 150 valence electrons. The summed E-state index contributed by atoms with van der Waals surface area (Å²) in [5.74, 6) is 0.873. The number of ether oxygens (including phenoxy) is 1. The van der Waals surface area contributed by atoms with E-state index in [0.717, 1.165) is 55.5 Å². The predicted molar refractivity (Wildman–Crippen MR) is 114 cm³/mol. The summed E-state index contributed by atoms with van der Waals surface area (Å²) in [6.45, 7) is 5.85. The van der Waals surface area contributed by atoms with E-state index in [1.54, 1.807) is 7.11 Å². The van der Waals surface area contributed by atoms with Crippen molar-refractivity contribution >= 4 is 23.2 Å². The van der Waals surface area contributed by atoms with Crippen molar-refractivity contribution in [2.45, 2.75) is 12.8 Å². The normalized spacial score (nSPS) is 14.7. The number of carbonyl (C=O) groups excluding carboxylic acids is 1. The van der Waals surface area contributed by atoms with Crippen LogP contribution in [0.25, 0.3) is 0 Å². The molecule has 2 aromatic rings. The number of carbonyl (C=O) groups is 1. The fourth-order valence-corrected chi connectivity index (χ4v) is 3.53. The highest BCUT2D eigenvalue weighted by Gasteiger charge is 2.16. The van der Waals surface area contributed by atoms with E-state index in [-0.39, 0.29) is 5.91 Å². The average Bonchev–Trinajstić information content (AvgIpc) is 2.73. The largest absolute Gasteiger partial charge is 0.497 e. The Kier molecular flexibility index (Phi) is 7.57. The maximum absolute atomic E-state index is 12.1. The minimum Gasteiger partial charge on any atom is -0.497 e. The Morgan fingerprint density at radius 1 is 1.04 bits per heavy atom. The first-order chi connectivity index (χ1) is 13.6. The van der Waals surface area contributed by atoms with Gasteiger partial charge in [0.2, 0.25) is 5.91 Å². The van der Waals surface area contributed by atoms with E-state index in [0.29, 0.717) is 13.0 Å². The van der Waals surface area contributed by atoms with Gasteiger partial charge in [0.15, 0.2) is 0 Å². The number of benzene rings is 2. The molecular formula is C22H28ClN3O2. The van der Waals surface area contributed by atoms with Crippen LogP contribution in [0.1, 0.15) is 12.0 Å². The average molecular weight is 402 g/mol. The Hall–Kier alpha value is -2.24. The highest BCUT2D eigenvalue weighted by atomic mass is 35.5. The van der Waals surface area contributed by atoms with Gasteiger partial charge in [-0.15, -0.1) is 0 Å². The molecule has 28 heavy (non-hydrogen) atoms. The number of rotatable bonds is 8. The fraction of sp³-hybridized carbons (Fsp3) is 0.409. The van der Waals surface area contributed by atoms with Gasteiger partial charge in [-0.25, -0.2) is 0 Å². The van der Waals surface area contributed by atoms with E-state index in [1.165, 1.54) is 5.69 Å². The number of nitrogens with one attached hydrogen (secondary N) is 1. The van der Waals surface area contributed by atoms with Crippen LogP contribution < -0.4 is 15.0 Å². The summed E-state index contributed by atoms with van der Waals surface area (Å²) < 4.78 is 5.13. The minimum absolute atomic E-state index is 0.0673. The standard InChI is InChI=1S/C22H28ClN3O2/c1-28-21-9-3-18(4-10-21)17-22(27)24-11-2-12-25-13-15-26(16-14-25)20-7-5-19(23)6-8-20/h3-10H,2,11-17H2,1H3,(H,24,27). The molecule has 6 heteroatoms. The number of anilines is 1. The van der Waals surface area contributed by atoms with Gasteiger partial charge in [-0.3, -0.25) is 9.69 Å². The first-order valence-electron chi connectivity index (χ1n) is 9.76. The van der Waals surface area contributed by atoms with Gasteiger partial charge in [-0.05, 0) is 54.9 Å². The summed E-state index contributed by atoms with van der Waals surface area (Å²) in [5, 5.41) is 3.79. The lowest BCUT2D eigenvalue weighted by molar-refractivity contribution is -0.120. The highest BCUT2D eigenvalue weighted by molar-refractivity contribution is 6.30. The summed E-state index contributed by atoms with van der Waals surface area (Å²) >= 11 is 5.96. The molecule has 0 bridgehead atoms. The summed E-state index contributed by atoms with van der Waals surface area (Å²) in [6.07, 6.45) is 1.37. The minimum atomic E-state index is 0.0673. The molecule has 0 spiro atoms. The molecule has 2 aromatic carbocycles. The summed E-state index contributed by atoms with van der Waals surface area (Å²) in [6, 6.07) is 15.7. The molecular weight excluding hydrogens is 374 g/mol. The van der Waals surface area contributed by atoms with Crippen molar-refractivity contribution < 1.29 is 9.53 Å². The van der Waals surface area contributed by atoms with E-state index in [4.69, 9.17) is 16.3 Å². The molecule has 3 rings (SSSR count). The van der Waals surface area contributed by atoms with Crippen molar-refractivity contribution in [3.8, 4) is 5.75 Å². The second-order valence-electron chi connectivity index (χ2n) is 7.03. The van der Waals surface area contributed by atoms with Gasteiger partial charge in [0.05, 0.1) is 13.5 Å². The van der Waals surface area contributed by atoms with Crippen molar-refractivity contribution in [1.29, 1.82) is 0 Å². The number of piperazine rings is 1. The van der Waals surface area contributed by atoms with Gasteiger partial charge in [-0.2, -0.15) is 0 Å². The van der Waals surface area contributed by atoms with Crippen LogP contribution in [0.2, 0.25) is 5.02 Å². The fourth-order valence-electron chi connectivity index (χ4n) is 3.40. The third-order valence-corrected chi connectivity index (χ3v) is 5.31. The lowest BCUT2D eigenvalue weighted by Gasteiger charge is -2.36. The van der Waals surface area contributed by atoms with Crippen LogP contribution in [-0.4, -0.2) is 57.2 Å². The first-order valence-corrected chi connectivity index (χ1v) is 10.1. The predicted octanol–water partition coefficient (Wildman–Crippen LogP) is 3.22. The molecule has 1 saturated heterocycles. The molecule has 1 aliphatic heterocycles. The van der Waals surface area contributed by atoms with Gasteiger partial charge in [0, 0.05) is 43.4 Å². The van der Waals surface area contributed by atoms with Crippen molar-refractivity contribution in [2.24, 2.45) is 0 Å². The zero-order valence-corrected chi connectivity index (χ0v) is 17.1. The van der Waals surface area contributed by atoms with Gasteiger partial charge in [0.1, 0.15) is 5.75 Å². The van der Waals surface area contributed by atoms with Gasteiger partial charge in [0.25, 0.3) is 0 Å². The maximum atomic E-state index is 12.1. The lowest BCUT2D eigenvalue weighted by Crippen LogP contribution is -2.47. The second kappa shape index (κ2) is 10.3. The molecule has 1 amide bonds. The Morgan fingerprint density at radius 3 is 2.36 bits per heavy atom. The van der Waals surface area contributed by atoms with Crippen molar-refractivity contribution in [3.05, 3.63) is 59.1 Å². The number of hydrogen-bond donors (Lipinski definition) is 1. The number of amides is 1. The molecule has 1 heterocycles. The third kappa shape index (κ3) is 6.14. The van der Waals surface area contributed by atoms with Crippen molar-refractivity contribution in [2.75, 3.05) is 51.3 Å². The molecule has 1 aliphatic rings. The second-order valence-corrected chi connectivity index (χ2v) is 7.47. The van der Waals surface area contributed by atoms with Crippen LogP contribution in [0.3, 0.4) is 0 Å². The van der Waals surface area contributed by atoms with Gasteiger partial charge in [-0.1, -0.05) is 23.7 Å². The number of hydrogen-bond acceptors (Lipinski definition) is 4. The Labute approximate surface area is 172 Å². The molecule has 0 radical (unpaired) electrons. The topological polar surface area (TPSA) is 44.8 Å². The highest BCUT2D eigenvalue weighted by Crippen LogP contribution is 2.19. The zero-order valence-electron chi connectivity index (χ0n) is 16.4. The molecule has 1 N–H and O–H groups in total. The van der Waals surface area contributed by atoms with Crippen LogP contribution in [0, 0.1) is 0 Å². The molecule has 0 atom stereocenters. The maximum Gasteiger partial charge on any atom is 0.224 e. The van der Waals surface area contributed by atoms with Gasteiger partial charge >= 0.3 is 0 Å². The van der Waals surface area contributed by atoms with Crippen molar-refractivity contribution in [1.82, 2.24) is 10.2 Å². The van der Waals surface area contributed by atoms with E-state index in [1.807, 2.05) is 36.4 Å². The molecule has 0 aromatic heterocycles. The Morgan fingerprint density at radius 2 is 1.71 bits per heavy atom. The summed E-state index contributed by atoms with van der Waals surface area (Å²) in [5.41, 5.74) is 2.23. The molecule has 0 aliphatic carbocycles. The zero-order chi connectivity index (χ0) is 19.8. The van der Waals surface area contributed by atoms with Crippen LogP contribution in [0.15, 0.2) is 48.5 Å². The Balaban J connectivity index is 1.30. The molecule has 0 saturated carbocycles. The van der Waals surface area contributed by atoms with Crippen molar-refractivity contribution in [3.63, 3.8) is 0 Å². The van der Waals surface area contributed by atoms with E-state index < -0.39 is 0 Å². The summed E-state index contributed by atoms with van der Waals surface area (Å²) in [7, 11) is 1.64. The number of methoxy groups -OCH3 is 1. The lowest BCUT2D eigenvalue weighted by atomic mass is 10.1.